The summed E-state index contributed by atoms with van der Waals surface area (Å²) in [5.74, 6) is 1.33. The highest BCUT2D eigenvalue weighted by molar-refractivity contribution is 5.78. The molecule has 0 unspecified atom stereocenters. The van der Waals surface area contributed by atoms with E-state index in [1.807, 2.05) is 0 Å². The number of carbonyl (C=O) groups is 1. The van der Waals surface area contributed by atoms with E-state index in [4.69, 9.17) is 14.0 Å². The molecular weight excluding hydrogens is 352 g/mol. The molecule has 3 rings (SSSR count). The van der Waals surface area contributed by atoms with E-state index in [0.29, 0.717) is 23.0 Å². The number of nitrogens with zero attached hydrogens (tertiary/aromatic N) is 3. The van der Waals surface area contributed by atoms with E-state index in [-0.39, 0.29) is 35.7 Å². The smallest absolute Gasteiger partial charge is 0.267 e. The summed E-state index contributed by atoms with van der Waals surface area (Å²) >= 11 is 0. The summed E-state index contributed by atoms with van der Waals surface area (Å²) in [4.78, 5) is 29.2. The van der Waals surface area contributed by atoms with Crippen LogP contribution in [0.2, 0.25) is 0 Å². The number of aromatic nitrogens is 3. The zero-order valence-electron chi connectivity index (χ0n) is 15.5. The van der Waals surface area contributed by atoms with Crippen molar-refractivity contribution in [1.29, 1.82) is 0 Å². The number of rotatable bonds is 6. The molecule has 0 radical (unpaired) electrons. The van der Waals surface area contributed by atoms with Crippen LogP contribution >= 0.6 is 0 Å². The summed E-state index contributed by atoms with van der Waals surface area (Å²) < 4.78 is 16.8. The minimum Gasteiger partial charge on any atom is -0.497 e. The van der Waals surface area contributed by atoms with Crippen molar-refractivity contribution >= 4 is 17.0 Å². The van der Waals surface area contributed by atoms with Crippen molar-refractivity contribution in [2.24, 2.45) is 0 Å². The molecule has 0 aliphatic rings. The number of hydrogen-bond acceptors (Lipinski definition) is 7. The molecule has 0 spiro atoms. The Hall–Kier alpha value is -3.36. The van der Waals surface area contributed by atoms with E-state index in [2.05, 4.69) is 15.5 Å². The van der Waals surface area contributed by atoms with Gasteiger partial charge in [-0.05, 0) is 32.0 Å². The Morgan fingerprint density at radius 2 is 2.04 bits per heavy atom. The van der Waals surface area contributed by atoms with Crippen LogP contribution in [-0.2, 0) is 17.9 Å². The van der Waals surface area contributed by atoms with E-state index in [0.717, 1.165) is 5.56 Å². The fourth-order valence-corrected chi connectivity index (χ4v) is 2.77. The third-order valence-electron chi connectivity index (χ3n) is 4.22. The zero-order valence-corrected chi connectivity index (χ0v) is 15.5. The van der Waals surface area contributed by atoms with Gasteiger partial charge in [-0.3, -0.25) is 14.2 Å². The van der Waals surface area contributed by atoms with Gasteiger partial charge in [0.1, 0.15) is 29.3 Å². The standard InChI is InChI=1S/C18H20N4O5/c1-10-16-17(27-21-10)20-11(2)22(18(16)24)9-15(23)19-8-12-7-13(25-3)5-6-14(12)26-4/h5-7H,8-9H2,1-4H3,(H,19,23). The van der Waals surface area contributed by atoms with Gasteiger partial charge in [-0.1, -0.05) is 5.16 Å². The van der Waals surface area contributed by atoms with E-state index >= 15 is 0 Å². The molecule has 1 N–H and O–H groups in total. The van der Waals surface area contributed by atoms with Gasteiger partial charge in [0.25, 0.3) is 11.3 Å². The predicted octanol–water partition coefficient (Wildman–Crippen LogP) is 1.33. The topological polar surface area (TPSA) is 108 Å². The van der Waals surface area contributed by atoms with Crippen molar-refractivity contribution in [2.75, 3.05) is 14.2 Å². The molecule has 0 saturated carbocycles. The van der Waals surface area contributed by atoms with Crippen LogP contribution in [0.3, 0.4) is 0 Å². The fraction of sp³-hybridized carbons (Fsp3) is 0.333. The molecule has 0 atom stereocenters. The molecule has 0 aliphatic carbocycles. The molecule has 9 nitrogen and oxygen atoms in total. The van der Waals surface area contributed by atoms with Crippen molar-refractivity contribution in [3.8, 4) is 11.5 Å². The molecule has 0 aliphatic heterocycles. The fourth-order valence-electron chi connectivity index (χ4n) is 2.77. The average molecular weight is 372 g/mol. The highest BCUT2D eigenvalue weighted by Crippen LogP contribution is 2.23. The monoisotopic (exact) mass is 372 g/mol. The second kappa shape index (κ2) is 7.48. The van der Waals surface area contributed by atoms with Gasteiger partial charge in [0.15, 0.2) is 0 Å². The molecule has 0 bridgehead atoms. The van der Waals surface area contributed by atoms with Gasteiger partial charge in [-0.15, -0.1) is 0 Å². The Morgan fingerprint density at radius 3 is 2.74 bits per heavy atom. The maximum absolute atomic E-state index is 12.6. The Bertz CT molecular complexity index is 1050. The van der Waals surface area contributed by atoms with Crippen LogP contribution < -0.4 is 20.3 Å². The Kier molecular flexibility index (Phi) is 5.11. The second-order valence-electron chi connectivity index (χ2n) is 5.95. The van der Waals surface area contributed by atoms with E-state index in [9.17, 15) is 9.59 Å². The molecule has 2 aromatic heterocycles. The zero-order chi connectivity index (χ0) is 19.6. The third-order valence-corrected chi connectivity index (χ3v) is 4.22. The van der Waals surface area contributed by atoms with Crippen molar-refractivity contribution in [3.63, 3.8) is 0 Å². The van der Waals surface area contributed by atoms with Gasteiger partial charge in [-0.25, -0.2) is 0 Å². The van der Waals surface area contributed by atoms with Gasteiger partial charge in [-0.2, -0.15) is 4.98 Å². The lowest BCUT2D eigenvalue weighted by molar-refractivity contribution is -0.121. The van der Waals surface area contributed by atoms with Crippen LogP contribution in [0.1, 0.15) is 17.1 Å². The average Bonchev–Trinajstić information content (AvgIpc) is 3.03. The normalized spacial score (nSPS) is 10.8. The van der Waals surface area contributed by atoms with Crippen LogP contribution in [0.5, 0.6) is 11.5 Å². The first-order valence-corrected chi connectivity index (χ1v) is 8.25. The molecule has 3 aromatic rings. The Balaban J connectivity index is 1.78. The number of amides is 1. The molecule has 1 amide bonds. The number of aryl methyl sites for hydroxylation is 2. The van der Waals surface area contributed by atoms with Crippen LogP contribution in [0, 0.1) is 13.8 Å². The molecule has 0 fully saturated rings. The number of nitrogens with one attached hydrogen (secondary N) is 1. The Labute approximate surface area is 154 Å². The van der Waals surface area contributed by atoms with Gasteiger partial charge in [0.05, 0.1) is 19.9 Å². The minimum absolute atomic E-state index is 0.162. The number of fused-ring (bicyclic) bond motifs is 1. The number of benzene rings is 1. The van der Waals surface area contributed by atoms with Crippen molar-refractivity contribution in [2.45, 2.75) is 26.9 Å². The highest BCUT2D eigenvalue weighted by atomic mass is 16.5. The Morgan fingerprint density at radius 1 is 1.26 bits per heavy atom. The van der Waals surface area contributed by atoms with Crippen LogP contribution in [0.4, 0.5) is 0 Å². The first-order chi connectivity index (χ1) is 12.9. The molecule has 27 heavy (non-hydrogen) atoms. The lowest BCUT2D eigenvalue weighted by atomic mass is 10.2. The first-order valence-electron chi connectivity index (χ1n) is 8.25. The summed E-state index contributed by atoms with van der Waals surface area (Å²) in [6.07, 6.45) is 0. The van der Waals surface area contributed by atoms with Gasteiger partial charge >= 0.3 is 0 Å². The van der Waals surface area contributed by atoms with Crippen LogP contribution in [-0.4, -0.2) is 34.8 Å². The van der Waals surface area contributed by atoms with Gasteiger partial charge in [0.2, 0.25) is 5.91 Å². The number of methoxy groups -OCH3 is 2. The van der Waals surface area contributed by atoms with Crippen molar-refractivity contribution in [1.82, 2.24) is 20.0 Å². The summed E-state index contributed by atoms with van der Waals surface area (Å²) in [5.41, 5.74) is 1.02. The van der Waals surface area contributed by atoms with E-state index in [1.54, 1.807) is 46.3 Å². The summed E-state index contributed by atoms with van der Waals surface area (Å²) in [5, 5.41) is 6.82. The first kappa shape index (κ1) is 18.4. The molecule has 2 heterocycles. The summed E-state index contributed by atoms with van der Waals surface area (Å²) in [6.45, 7) is 3.36. The number of ether oxygens (including phenoxy) is 2. The largest absolute Gasteiger partial charge is 0.497 e. The van der Waals surface area contributed by atoms with Gasteiger partial charge < -0.3 is 19.3 Å². The lowest BCUT2D eigenvalue weighted by Crippen LogP contribution is -2.33. The van der Waals surface area contributed by atoms with Crippen LogP contribution in [0.25, 0.3) is 11.1 Å². The van der Waals surface area contributed by atoms with Crippen LogP contribution in [0.15, 0.2) is 27.5 Å². The molecule has 1 aromatic carbocycles. The van der Waals surface area contributed by atoms with Crippen molar-refractivity contribution in [3.05, 3.63) is 45.6 Å². The van der Waals surface area contributed by atoms with Gasteiger partial charge in [0, 0.05) is 12.1 Å². The maximum Gasteiger partial charge on any atom is 0.267 e. The summed E-state index contributed by atoms with van der Waals surface area (Å²) in [6, 6.07) is 5.32. The predicted molar refractivity (Wildman–Crippen MR) is 96.9 cm³/mol. The lowest BCUT2D eigenvalue weighted by Gasteiger charge is -2.12. The highest BCUT2D eigenvalue weighted by Gasteiger charge is 2.17. The minimum atomic E-state index is -0.356. The quantitative estimate of drug-likeness (QED) is 0.695. The van der Waals surface area contributed by atoms with Crippen molar-refractivity contribution < 1.29 is 18.8 Å². The van der Waals surface area contributed by atoms with E-state index < -0.39 is 0 Å². The third kappa shape index (κ3) is 3.62. The maximum atomic E-state index is 12.6. The molecule has 9 heteroatoms. The molecular formula is C18H20N4O5. The SMILES string of the molecule is COc1ccc(OC)c(CNC(=O)Cn2c(C)nc3onc(C)c3c2=O)c1. The van der Waals surface area contributed by atoms with E-state index in [1.165, 1.54) is 4.57 Å². The number of carbonyl (C=O) groups excluding carboxylic acids is 1. The molecule has 142 valence electrons. The summed E-state index contributed by atoms with van der Waals surface area (Å²) in [7, 11) is 3.12. The number of hydrogen-bond donors (Lipinski definition) is 1. The molecule has 0 saturated heterocycles. The second-order valence-corrected chi connectivity index (χ2v) is 5.95.